The third kappa shape index (κ3) is 4.67. The summed E-state index contributed by atoms with van der Waals surface area (Å²) in [7, 11) is 0. The van der Waals surface area contributed by atoms with Crippen molar-refractivity contribution in [1.29, 1.82) is 0 Å². The van der Waals surface area contributed by atoms with Gasteiger partial charge in [-0.15, -0.1) is 0 Å². The predicted molar refractivity (Wildman–Crippen MR) is 163 cm³/mol. The van der Waals surface area contributed by atoms with E-state index in [4.69, 9.17) is 9.84 Å². The molecule has 5 rings (SSSR count). The highest BCUT2D eigenvalue weighted by Gasteiger charge is 2.69. The van der Waals surface area contributed by atoms with Gasteiger partial charge in [-0.3, -0.25) is 14.4 Å². The molecule has 4 fully saturated rings. The fourth-order valence-electron chi connectivity index (χ4n) is 11.6. The summed E-state index contributed by atoms with van der Waals surface area (Å²) < 4.78 is 6.13. The van der Waals surface area contributed by atoms with Crippen molar-refractivity contribution < 1.29 is 29.3 Å². The second-order valence-corrected chi connectivity index (χ2v) is 17.1. The number of carbonyl (C=O) groups is 3. The normalized spacial score (nSPS) is 43.5. The molecule has 1 unspecified atom stereocenters. The monoisotopic (exact) mass is 584 g/mol. The van der Waals surface area contributed by atoms with E-state index in [9.17, 15) is 19.5 Å². The van der Waals surface area contributed by atoms with E-state index in [1.54, 1.807) is 0 Å². The SMILES string of the molecule is CC1(C)CC[C@]2(C(=O)O)CC[C@]3(C)C(=CC[C@@H]4[C@@]5(C)CCC(OC(=O)CCCCC(=O)O)C(C)(C)[C@@H]5CC[C@]43C)[C@@H]2C1. The molecule has 0 aromatic heterocycles. The minimum Gasteiger partial charge on any atom is -0.481 e. The molecule has 42 heavy (non-hydrogen) atoms. The molecular weight excluding hydrogens is 528 g/mol. The summed E-state index contributed by atoms with van der Waals surface area (Å²) in [6.45, 7) is 16.8. The standard InChI is InChI=1S/C36H56O6/c1-31(2)18-20-36(30(40)41)21-19-34(6)23(24(36)22-31)12-13-26-33(5)16-15-27(42-29(39)11-9-8-10-28(37)38)32(3,4)25(33)14-17-35(26,34)7/h12,24-27H,8-11,13-22H2,1-7H3,(H,37,38)(H,40,41)/t24-,25-,26+,27?,33-,34+,35+,36-/m0/s1. The van der Waals surface area contributed by atoms with E-state index >= 15 is 0 Å². The maximum absolute atomic E-state index is 12.9. The van der Waals surface area contributed by atoms with Crippen LogP contribution in [0.4, 0.5) is 0 Å². The molecule has 2 N–H and O–H groups in total. The van der Waals surface area contributed by atoms with Crippen LogP contribution in [0.3, 0.4) is 0 Å². The Labute approximate surface area is 253 Å². The van der Waals surface area contributed by atoms with Crippen LogP contribution >= 0.6 is 0 Å². The Morgan fingerprint density at radius 1 is 0.833 bits per heavy atom. The van der Waals surface area contributed by atoms with E-state index in [0.29, 0.717) is 24.7 Å². The van der Waals surface area contributed by atoms with E-state index < -0.39 is 17.4 Å². The number of carboxylic acids is 2. The number of aliphatic carboxylic acids is 2. The van der Waals surface area contributed by atoms with Gasteiger partial charge in [0.25, 0.3) is 0 Å². The molecule has 6 heteroatoms. The van der Waals surface area contributed by atoms with Crippen LogP contribution in [0.5, 0.6) is 0 Å². The van der Waals surface area contributed by atoms with Gasteiger partial charge in [0.15, 0.2) is 0 Å². The third-order valence-electron chi connectivity index (χ3n) is 14.3. The molecule has 0 aromatic rings. The molecule has 4 saturated carbocycles. The number of carboxylic acid groups (broad SMARTS) is 2. The number of ether oxygens (including phenoxy) is 1. The van der Waals surface area contributed by atoms with Crippen LogP contribution in [0.25, 0.3) is 0 Å². The van der Waals surface area contributed by atoms with Crippen LogP contribution in [0.15, 0.2) is 11.6 Å². The first-order valence-electron chi connectivity index (χ1n) is 16.8. The first-order valence-corrected chi connectivity index (χ1v) is 16.8. The smallest absolute Gasteiger partial charge is 0.310 e. The van der Waals surface area contributed by atoms with E-state index in [1.807, 2.05) is 0 Å². The van der Waals surface area contributed by atoms with E-state index in [-0.39, 0.29) is 57.9 Å². The Hall–Kier alpha value is -1.85. The number of rotatable bonds is 7. The summed E-state index contributed by atoms with van der Waals surface area (Å²) in [5.74, 6) is -0.516. The van der Waals surface area contributed by atoms with Crippen molar-refractivity contribution in [1.82, 2.24) is 0 Å². The summed E-state index contributed by atoms with van der Waals surface area (Å²) in [6, 6.07) is 0. The number of allylic oxidation sites excluding steroid dienone is 2. The maximum Gasteiger partial charge on any atom is 0.310 e. The van der Waals surface area contributed by atoms with Crippen LogP contribution < -0.4 is 0 Å². The topological polar surface area (TPSA) is 101 Å². The number of hydrogen-bond donors (Lipinski definition) is 2. The van der Waals surface area contributed by atoms with Crippen molar-refractivity contribution >= 4 is 17.9 Å². The number of unbranched alkanes of at least 4 members (excludes halogenated alkanes) is 1. The van der Waals surface area contributed by atoms with Gasteiger partial charge < -0.3 is 14.9 Å². The molecule has 0 spiro atoms. The number of carbonyl (C=O) groups excluding carboxylic acids is 1. The molecule has 0 aromatic carbocycles. The van der Waals surface area contributed by atoms with Crippen molar-refractivity contribution in [2.75, 3.05) is 0 Å². The summed E-state index contributed by atoms with van der Waals surface area (Å²) in [4.78, 5) is 36.5. The van der Waals surface area contributed by atoms with Gasteiger partial charge in [0.2, 0.25) is 0 Å². The molecule has 8 atom stereocenters. The first-order chi connectivity index (χ1) is 19.4. The molecule has 6 nitrogen and oxygen atoms in total. The third-order valence-corrected chi connectivity index (χ3v) is 14.3. The van der Waals surface area contributed by atoms with Gasteiger partial charge in [-0.1, -0.05) is 60.1 Å². The molecular formula is C36H56O6. The van der Waals surface area contributed by atoms with Gasteiger partial charge in [-0.05, 0) is 116 Å². The Bertz CT molecular complexity index is 1150. The minimum atomic E-state index is -0.823. The Morgan fingerprint density at radius 3 is 2.17 bits per heavy atom. The van der Waals surface area contributed by atoms with Crippen molar-refractivity contribution in [3.63, 3.8) is 0 Å². The zero-order chi connectivity index (χ0) is 30.9. The molecule has 0 aliphatic heterocycles. The second-order valence-electron chi connectivity index (χ2n) is 17.1. The van der Waals surface area contributed by atoms with Gasteiger partial charge in [-0.25, -0.2) is 0 Å². The summed E-state index contributed by atoms with van der Waals surface area (Å²) in [5, 5.41) is 19.5. The first kappa shape index (κ1) is 31.6. The fourth-order valence-corrected chi connectivity index (χ4v) is 11.6. The zero-order valence-electron chi connectivity index (χ0n) is 27.3. The quantitative estimate of drug-likeness (QED) is 0.177. The molecule has 5 aliphatic rings. The lowest BCUT2D eigenvalue weighted by molar-refractivity contribution is -0.214. The van der Waals surface area contributed by atoms with Gasteiger partial charge in [0.05, 0.1) is 5.41 Å². The molecule has 5 aliphatic carbocycles. The molecule has 236 valence electrons. The average molecular weight is 585 g/mol. The highest BCUT2D eigenvalue weighted by Crippen LogP contribution is 2.75. The van der Waals surface area contributed by atoms with Crippen LogP contribution in [0, 0.1) is 50.2 Å². The summed E-state index contributed by atoms with van der Waals surface area (Å²) in [6.07, 6.45) is 13.5. The van der Waals surface area contributed by atoms with E-state index in [0.717, 1.165) is 64.2 Å². The van der Waals surface area contributed by atoms with Crippen molar-refractivity contribution in [3.05, 3.63) is 11.6 Å². The second kappa shape index (κ2) is 10.4. The largest absolute Gasteiger partial charge is 0.481 e. The molecule has 0 heterocycles. The zero-order valence-corrected chi connectivity index (χ0v) is 27.3. The lowest BCUT2D eigenvalue weighted by Gasteiger charge is -2.71. The van der Waals surface area contributed by atoms with E-state index in [2.05, 4.69) is 54.5 Å². The average Bonchev–Trinajstić information content (AvgIpc) is 2.88. The Balaban J connectivity index is 1.39. The highest BCUT2D eigenvalue weighted by atomic mass is 16.5. The van der Waals surface area contributed by atoms with Crippen LogP contribution in [0.1, 0.15) is 138 Å². The minimum absolute atomic E-state index is 0.00431. The van der Waals surface area contributed by atoms with Gasteiger partial charge in [0, 0.05) is 18.3 Å². The van der Waals surface area contributed by atoms with Crippen LogP contribution in [-0.4, -0.2) is 34.2 Å². The fraction of sp³-hybridized carbons (Fsp3) is 0.861. The van der Waals surface area contributed by atoms with Crippen LogP contribution in [-0.2, 0) is 19.1 Å². The van der Waals surface area contributed by atoms with Crippen molar-refractivity contribution in [3.8, 4) is 0 Å². The maximum atomic E-state index is 12.9. The Kier molecular flexibility index (Phi) is 7.79. The molecule has 0 bridgehead atoms. The molecule has 0 radical (unpaired) electrons. The van der Waals surface area contributed by atoms with Gasteiger partial charge in [-0.2, -0.15) is 0 Å². The summed E-state index contributed by atoms with van der Waals surface area (Å²) in [5.41, 5.74) is 1.12. The Morgan fingerprint density at radius 2 is 1.50 bits per heavy atom. The number of fused-ring (bicyclic) bond motifs is 7. The van der Waals surface area contributed by atoms with Gasteiger partial charge >= 0.3 is 17.9 Å². The lowest BCUT2D eigenvalue weighted by atomic mass is 9.33. The molecule has 0 amide bonds. The summed E-state index contributed by atoms with van der Waals surface area (Å²) >= 11 is 0. The lowest BCUT2D eigenvalue weighted by Crippen LogP contribution is -2.65. The predicted octanol–water partition coefficient (Wildman–Crippen LogP) is 8.43. The van der Waals surface area contributed by atoms with Crippen LogP contribution in [0.2, 0.25) is 0 Å². The number of esters is 1. The molecule has 0 saturated heterocycles. The van der Waals surface area contributed by atoms with Gasteiger partial charge in [0.1, 0.15) is 6.10 Å². The van der Waals surface area contributed by atoms with Crippen molar-refractivity contribution in [2.45, 2.75) is 144 Å². The van der Waals surface area contributed by atoms with E-state index in [1.165, 1.54) is 5.57 Å². The van der Waals surface area contributed by atoms with Crippen molar-refractivity contribution in [2.24, 2.45) is 50.2 Å². The number of hydrogen-bond acceptors (Lipinski definition) is 4. The highest BCUT2D eigenvalue weighted by molar-refractivity contribution is 5.76.